The van der Waals surface area contributed by atoms with E-state index in [0.29, 0.717) is 30.6 Å². The Hall–Kier alpha value is -3.73. The van der Waals surface area contributed by atoms with E-state index >= 15 is 0 Å². The average Bonchev–Trinajstić information content (AvgIpc) is 3.47. The van der Waals surface area contributed by atoms with Gasteiger partial charge in [-0.3, -0.25) is 19.2 Å². The lowest BCUT2D eigenvalue weighted by Crippen LogP contribution is -2.44. The number of fused-ring (bicyclic) bond motifs is 1. The lowest BCUT2D eigenvalue weighted by molar-refractivity contribution is -0.144. The first-order valence-corrected chi connectivity index (χ1v) is 17.8. The first kappa shape index (κ1) is 35.1. The second kappa shape index (κ2) is 16.3. The summed E-state index contributed by atoms with van der Waals surface area (Å²) in [4.78, 5) is 28.3. The maximum Gasteiger partial charge on any atom is 0.311 e. The Morgan fingerprint density at radius 1 is 0.939 bits per heavy atom. The number of morpholine rings is 1. The van der Waals surface area contributed by atoms with Crippen LogP contribution >= 0.6 is 23.2 Å². The molecule has 1 aromatic heterocycles. The van der Waals surface area contributed by atoms with E-state index in [9.17, 15) is 9.59 Å². The molecule has 0 radical (unpaired) electrons. The number of halogens is 2. The molecule has 1 atom stereocenters. The molecule has 4 aromatic rings. The first-order valence-electron chi connectivity index (χ1n) is 17.1. The van der Waals surface area contributed by atoms with Crippen LogP contribution in [-0.4, -0.2) is 70.3 Å². The Morgan fingerprint density at radius 2 is 1.65 bits per heavy atom. The molecule has 258 valence electrons. The number of aromatic nitrogens is 2. The molecule has 9 nitrogen and oxygen atoms in total. The molecule has 2 aliphatic rings. The zero-order valence-corrected chi connectivity index (χ0v) is 29.5. The van der Waals surface area contributed by atoms with Gasteiger partial charge in [0.25, 0.3) is 0 Å². The fourth-order valence-electron chi connectivity index (χ4n) is 6.72. The molecule has 0 aliphatic carbocycles. The Kier molecular flexibility index (Phi) is 11.7. The maximum absolute atomic E-state index is 12.6. The van der Waals surface area contributed by atoms with Gasteiger partial charge >= 0.3 is 11.8 Å². The van der Waals surface area contributed by atoms with Gasteiger partial charge in [0.15, 0.2) is 0 Å². The van der Waals surface area contributed by atoms with Crippen LogP contribution in [0.15, 0.2) is 66.7 Å². The van der Waals surface area contributed by atoms with Crippen LogP contribution in [-0.2, 0) is 59.8 Å². The van der Waals surface area contributed by atoms with Gasteiger partial charge in [0, 0.05) is 78.6 Å². The summed E-state index contributed by atoms with van der Waals surface area (Å²) >= 11 is 12.7. The molecule has 2 amide bonds. The molecule has 0 saturated carbocycles. The highest BCUT2D eigenvalue weighted by Crippen LogP contribution is 2.33. The van der Waals surface area contributed by atoms with Crippen LogP contribution in [0, 0.1) is 0 Å². The SMILES string of the molecule is C[C@H]1COCCN1CCCn1nc(-c2ccc(Cl)c(CCc3ccc(CNCc4ccc(Cl)cc4)cc3)c2)c2c1CCN(C(=O)C(N)=O)C2. The number of benzene rings is 3. The third-order valence-corrected chi connectivity index (χ3v) is 10.2. The smallest absolute Gasteiger partial charge is 0.311 e. The summed E-state index contributed by atoms with van der Waals surface area (Å²) in [6, 6.07) is 23.0. The quantitative estimate of drug-likeness (QED) is 0.191. The second-order valence-electron chi connectivity index (χ2n) is 13.0. The van der Waals surface area contributed by atoms with Gasteiger partial charge in [0.2, 0.25) is 0 Å². The summed E-state index contributed by atoms with van der Waals surface area (Å²) in [6.07, 6.45) is 3.18. The minimum Gasteiger partial charge on any atom is -0.379 e. The van der Waals surface area contributed by atoms with Gasteiger partial charge in [0.1, 0.15) is 0 Å². The zero-order valence-electron chi connectivity index (χ0n) is 28.0. The Morgan fingerprint density at radius 3 is 2.37 bits per heavy atom. The minimum atomic E-state index is -0.937. The average molecular weight is 704 g/mol. The van der Waals surface area contributed by atoms with Crippen LogP contribution in [0.25, 0.3) is 11.3 Å². The molecule has 2 aliphatic heterocycles. The number of nitrogens with one attached hydrogen (secondary N) is 1. The van der Waals surface area contributed by atoms with E-state index in [4.69, 9.17) is 38.8 Å². The van der Waals surface area contributed by atoms with Crippen LogP contribution in [0.2, 0.25) is 10.0 Å². The number of nitrogens with zero attached hydrogens (tertiary/aromatic N) is 4. The van der Waals surface area contributed by atoms with Gasteiger partial charge in [-0.2, -0.15) is 5.10 Å². The normalized spacial score (nSPS) is 16.5. The lowest BCUT2D eigenvalue weighted by Gasteiger charge is -2.33. The molecule has 0 bridgehead atoms. The second-order valence-corrected chi connectivity index (χ2v) is 13.8. The van der Waals surface area contributed by atoms with Gasteiger partial charge in [-0.25, -0.2) is 0 Å². The van der Waals surface area contributed by atoms with E-state index < -0.39 is 11.8 Å². The number of amides is 2. The molecule has 0 unspecified atom stereocenters. The van der Waals surface area contributed by atoms with Crippen LogP contribution in [0.1, 0.15) is 46.9 Å². The summed E-state index contributed by atoms with van der Waals surface area (Å²) in [5.74, 6) is -1.60. The van der Waals surface area contributed by atoms with Crippen molar-refractivity contribution in [3.05, 3.63) is 110 Å². The van der Waals surface area contributed by atoms with Crippen molar-refractivity contribution >= 4 is 35.0 Å². The molecular formula is C38H44Cl2N6O3. The van der Waals surface area contributed by atoms with Crippen molar-refractivity contribution in [3.63, 3.8) is 0 Å². The fraction of sp³-hybridized carbons (Fsp3) is 0.395. The Bertz CT molecular complexity index is 1760. The molecule has 3 N–H and O–H groups in total. The van der Waals surface area contributed by atoms with Crippen molar-refractivity contribution in [2.45, 2.75) is 64.8 Å². The third kappa shape index (κ3) is 8.90. The van der Waals surface area contributed by atoms with E-state index in [1.807, 2.05) is 36.4 Å². The van der Waals surface area contributed by atoms with Crippen LogP contribution in [0.4, 0.5) is 0 Å². The molecule has 49 heavy (non-hydrogen) atoms. The number of carbonyl (C=O) groups excluding carboxylic acids is 2. The van der Waals surface area contributed by atoms with Crippen LogP contribution in [0.5, 0.6) is 0 Å². The van der Waals surface area contributed by atoms with E-state index in [0.717, 1.165) is 98.3 Å². The number of primary amides is 1. The summed E-state index contributed by atoms with van der Waals surface area (Å²) in [7, 11) is 0. The summed E-state index contributed by atoms with van der Waals surface area (Å²) < 4.78 is 7.70. The molecule has 3 heterocycles. The van der Waals surface area contributed by atoms with E-state index in [1.165, 1.54) is 21.6 Å². The number of ether oxygens (including phenoxy) is 1. The van der Waals surface area contributed by atoms with Gasteiger partial charge in [0.05, 0.1) is 25.5 Å². The number of hydrogen-bond donors (Lipinski definition) is 2. The van der Waals surface area contributed by atoms with Gasteiger partial charge in [-0.05, 0) is 72.7 Å². The highest BCUT2D eigenvalue weighted by Gasteiger charge is 2.30. The summed E-state index contributed by atoms with van der Waals surface area (Å²) in [5, 5.41) is 10.1. The molecular weight excluding hydrogens is 659 g/mol. The summed E-state index contributed by atoms with van der Waals surface area (Å²) in [5.41, 5.74) is 13.9. The van der Waals surface area contributed by atoms with E-state index in [1.54, 1.807) is 0 Å². The van der Waals surface area contributed by atoms with Gasteiger partial charge in [-0.15, -0.1) is 0 Å². The van der Waals surface area contributed by atoms with Crippen molar-refractivity contribution in [3.8, 4) is 11.3 Å². The van der Waals surface area contributed by atoms with Crippen molar-refractivity contribution in [1.29, 1.82) is 0 Å². The monoisotopic (exact) mass is 702 g/mol. The molecule has 3 aromatic carbocycles. The van der Waals surface area contributed by atoms with Crippen molar-refractivity contribution in [2.24, 2.45) is 5.73 Å². The van der Waals surface area contributed by atoms with Gasteiger partial charge in [-0.1, -0.05) is 65.7 Å². The highest BCUT2D eigenvalue weighted by molar-refractivity contribution is 6.34. The summed E-state index contributed by atoms with van der Waals surface area (Å²) in [6.45, 7) is 8.69. The highest BCUT2D eigenvalue weighted by atomic mass is 35.5. The van der Waals surface area contributed by atoms with Crippen molar-refractivity contribution in [2.75, 3.05) is 32.8 Å². The van der Waals surface area contributed by atoms with Crippen LogP contribution in [0.3, 0.4) is 0 Å². The largest absolute Gasteiger partial charge is 0.379 e. The standard InChI is InChI=1S/C38H44Cl2N6O3/c1-26-25-49-20-19-44(26)16-2-17-46-35-15-18-45(38(48)37(41)47)24-33(35)36(43-46)31-11-14-34(40)30(21-31)10-7-27-3-5-28(6-4-27)22-42-23-29-8-12-32(39)13-9-29/h3-6,8-9,11-14,21,26,42H,2,7,10,15-20,22-25H2,1H3,(H2,41,47)/t26-/m0/s1. The molecule has 11 heteroatoms. The number of rotatable bonds is 12. The maximum atomic E-state index is 12.6. The first-order chi connectivity index (χ1) is 23.7. The molecule has 1 fully saturated rings. The lowest BCUT2D eigenvalue weighted by atomic mass is 9.97. The predicted octanol–water partition coefficient (Wildman–Crippen LogP) is 5.41. The van der Waals surface area contributed by atoms with Crippen LogP contribution < -0.4 is 11.1 Å². The Balaban J connectivity index is 1.14. The topological polar surface area (TPSA) is 106 Å². The number of nitrogens with two attached hydrogens (primary N) is 1. The number of hydrogen-bond acceptors (Lipinski definition) is 6. The number of aryl methyl sites for hydroxylation is 3. The zero-order chi connectivity index (χ0) is 34.3. The molecule has 1 saturated heterocycles. The van der Waals surface area contributed by atoms with Crippen molar-refractivity contribution in [1.82, 2.24) is 24.9 Å². The molecule has 0 spiro atoms. The Labute approximate surface area is 298 Å². The molecule has 6 rings (SSSR count). The third-order valence-electron chi connectivity index (χ3n) is 9.55. The van der Waals surface area contributed by atoms with E-state index in [2.05, 4.69) is 52.2 Å². The fourth-order valence-corrected chi connectivity index (χ4v) is 7.06. The van der Waals surface area contributed by atoms with E-state index in [-0.39, 0.29) is 0 Å². The predicted molar refractivity (Wildman–Crippen MR) is 193 cm³/mol. The van der Waals surface area contributed by atoms with Gasteiger partial charge < -0.3 is 20.7 Å². The van der Waals surface area contributed by atoms with Crippen molar-refractivity contribution < 1.29 is 14.3 Å². The minimum absolute atomic E-state index is 0.297. The number of carbonyl (C=O) groups is 2.